The summed E-state index contributed by atoms with van der Waals surface area (Å²) < 4.78 is 25.5. The molecule has 170 valence electrons. The molecular formula is C26H25FN2O4. The first-order valence-electron chi connectivity index (χ1n) is 10.8. The summed E-state index contributed by atoms with van der Waals surface area (Å²) in [6.07, 6.45) is -0.176. The number of benzene rings is 3. The lowest BCUT2D eigenvalue weighted by atomic mass is 10.1. The number of rotatable bonds is 6. The Morgan fingerprint density at radius 2 is 1.91 bits per heavy atom. The normalized spacial score (nSPS) is 15.3. The minimum absolute atomic E-state index is 0.128. The summed E-state index contributed by atoms with van der Waals surface area (Å²) >= 11 is 0. The van der Waals surface area contributed by atoms with E-state index in [9.17, 15) is 14.0 Å². The fourth-order valence-electron chi connectivity index (χ4n) is 3.84. The number of fused-ring (bicyclic) bond motifs is 1. The molecule has 0 radical (unpaired) electrons. The second-order valence-electron chi connectivity index (χ2n) is 7.78. The van der Waals surface area contributed by atoms with Crippen LogP contribution in [0.3, 0.4) is 0 Å². The predicted octanol–water partition coefficient (Wildman–Crippen LogP) is 4.79. The van der Waals surface area contributed by atoms with Crippen molar-refractivity contribution in [2.75, 3.05) is 12.4 Å². The van der Waals surface area contributed by atoms with Crippen molar-refractivity contribution in [1.82, 2.24) is 4.90 Å². The molecular weight excluding hydrogens is 423 g/mol. The Morgan fingerprint density at radius 1 is 1.15 bits per heavy atom. The van der Waals surface area contributed by atoms with Crippen LogP contribution < -0.4 is 14.8 Å². The lowest BCUT2D eigenvalue weighted by Gasteiger charge is -2.23. The Labute approximate surface area is 191 Å². The van der Waals surface area contributed by atoms with Crippen LogP contribution >= 0.6 is 0 Å². The molecule has 1 unspecified atom stereocenters. The maximum atomic E-state index is 14.3. The van der Waals surface area contributed by atoms with E-state index in [1.54, 1.807) is 65.6 Å². The number of para-hydroxylation sites is 1. The van der Waals surface area contributed by atoms with Crippen molar-refractivity contribution in [3.63, 3.8) is 0 Å². The molecule has 0 saturated heterocycles. The smallest absolute Gasteiger partial charge is 0.264 e. The summed E-state index contributed by atoms with van der Waals surface area (Å²) in [5.74, 6) is 0.174. The van der Waals surface area contributed by atoms with Crippen molar-refractivity contribution >= 4 is 17.5 Å². The fraction of sp³-hybridized carbons (Fsp3) is 0.231. The summed E-state index contributed by atoms with van der Waals surface area (Å²) in [4.78, 5) is 27.5. The van der Waals surface area contributed by atoms with Gasteiger partial charge in [-0.05, 0) is 42.8 Å². The zero-order valence-corrected chi connectivity index (χ0v) is 18.5. The van der Waals surface area contributed by atoms with Gasteiger partial charge < -0.3 is 19.7 Å². The Morgan fingerprint density at radius 3 is 2.67 bits per heavy atom. The zero-order valence-electron chi connectivity index (χ0n) is 18.5. The summed E-state index contributed by atoms with van der Waals surface area (Å²) in [5, 5.41) is 2.88. The number of halogens is 1. The maximum absolute atomic E-state index is 14.3. The number of carbonyl (C=O) groups is 2. The molecule has 7 heteroatoms. The molecule has 0 bridgehead atoms. The second kappa shape index (κ2) is 9.73. The van der Waals surface area contributed by atoms with Crippen LogP contribution in [0, 0.1) is 5.82 Å². The first kappa shape index (κ1) is 22.3. The number of nitrogens with zero attached hydrogens (tertiary/aromatic N) is 1. The van der Waals surface area contributed by atoms with E-state index in [-0.39, 0.29) is 30.7 Å². The van der Waals surface area contributed by atoms with E-state index < -0.39 is 6.10 Å². The van der Waals surface area contributed by atoms with Gasteiger partial charge in [-0.1, -0.05) is 37.3 Å². The summed E-state index contributed by atoms with van der Waals surface area (Å²) in [6, 6.07) is 18.6. The average molecular weight is 448 g/mol. The third kappa shape index (κ3) is 4.82. The van der Waals surface area contributed by atoms with Crippen LogP contribution in [-0.2, 0) is 17.9 Å². The monoisotopic (exact) mass is 448 g/mol. The molecule has 1 heterocycles. The highest BCUT2D eigenvalue weighted by molar-refractivity contribution is 6.06. The average Bonchev–Trinajstić information content (AvgIpc) is 2.96. The van der Waals surface area contributed by atoms with Gasteiger partial charge in [-0.2, -0.15) is 0 Å². The number of nitrogens with one attached hydrogen (secondary N) is 1. The number of methoxy groups -OCH3 is 1. The van der Waals surface area contributed by atoms with Gasteiger partial charge in [0.1, 0.15) is 17.3 Å². The van der Waals surface area contributed by atoms with Crippen molar-refractivity contribution in [2.45, 2.75) is 32.5 Å². The van der Waals surface area contributed by atoms with E-state index >= 15 is 0 Å². The molecule has 6 nitrogen and oxygen atoms in total. The largest absolute Gasteiger partial charge is 0.496 e. The first-order chi connectivity index (χ1) is 16.0. The van der Waals surface area contributed by atoms with Gasteiger partial charge in [0.2, 0.25) is 0 Å². The van der Waals surface area contributed by atoms with Gasteiger partial charge in [-0.25, -0.2) is 4.39 Å². The van der Waals surface area contributed by atoms with E-state index in [1.165, 1.54) is 13.2 Å². The molecule has 1 N–H and O–H groups in total. The van der Waals surface area contributed by atoms with Crippen molar-refractivity contribution in [2.24, 2.45) is 0 Å². The minimum Gasteiger partial charge on any atom is -0.496 e. The van der Waals surface area contributed by atoms with Crippen LogP contribution in [0.25, 0.3) is 0 Å². The quantitative estimate of drug-likeness (QED) is 0.589. The van der Waals surface area contributed by atoms with Crippen LogP contribution in [0.4, 0.5) is 10.1 Å². The van der Waals surface area contributed by atoms with E-state index in [4.69, 9.17) is 9.47 Å². The van der Waals surface area contributed by atoms with Crippen molar-refractivity contribution in [3.8, 4) is 11.5 Å². The number of hydrogen-bond acceptors (Lipinski definition) is 4. The number of carbonyl (C=O) groups excluding carboxylic acids is 2. The number of ether oxygens (including phenoxy) is 2. The van der Waals surface area contributed by atoms with Crippen LogP contribution in [-0.4, -0.2) is 29.9 Å². The van der Waals surface area contributed by atoms with E-state index in [0.717, 1.165) is 5.56 Å². The summed E-state index contributed by atoms with van der Waals surface area (Å²) in [7, 11) is 1.51. The SMILES string of the molecule is CCC1Oc2ccc(NC(=O)c3ccccc3OC)cc2CN(Cc2ccccc2F)C1=O. The first-order valence-corrected chi connectivity index (χ1v) is 10.8. The summed E-state index contributed by atoms with van der Waals surface area (Å²) in [6.45, 7) is 2.23. The van der Waals surface area contributed by atoms with E-state index in [1.807, 2.05) is 6.92 Å². The third-order valence-corrected chi connectivity index (χ3v) is 5.58. The molecule has 1 aliphatic rings. The molecule has 0 aliphatic carbocycles. The van der Waals surface area contributed by atoms with Crippen LogP contribution in [0.1, 0.15) is 34.8 Å². The Hall–Kier alpha value is -3.87. The second-order valence-corrected chi connectivity index (χ2v) is 7.78. The van der Waals surface area contributed by atoms with Crippen LogP contribution in [0.2, 0.25) is 0 Å². The molecule has 0 saturated carbocycles. The maximum Gasteiger partial charge on any atom is 0.264 e. The Balaban J connectivity index is 1.61. The highest BCUT2D eigenvalue weighted by Gasteiger charge is 2.30. The van der Waals surface area contributed by atoms with Gasteiger partial charge in [0, 0.05) is 29.9 Å². The van der Waals surface area contributed by atoms with E-state index in [2.05, 4.69) is 5.32 Å². The van der Waals surface area contributed by atoms with Crippen LogP contribution in [0.5, 0.6) is 11.5 Å². The molecule has 1 atom stereocenters. The topological polar surface area (TPSA) is 67.9 Å². The molecule has 33 heavy (non-hydrogen) atoms. The number of anilines is 1. The third-order valence-electron chi connectivity index (χ3n) is 5.58. The Kier molecular flexibility index (Phi) is 6.58. The van der Waals surface area contributed by atoms with Crippen molar-refractivity contribution in [1.29, 1.82) is 0 Å². The lowest BCUT2D eigenvalue weighted by Crippen LogP contribution is -2.39. The standard InChI is InChI=1S/C26H25FN2O4/c1-3-22-26(31)29(15-17-8-4-6-10-21(17)27)16-18-14-19(12-13-23(18)33-22)28-25(30)20-9-5-7-11-24(20)32-2/h4-14,22H,3,15-16H2,1-2H3,(H,28,30). The van der Waals surface area contributed by atoms with Gasteiger partial charge in [-0.15, -0.1) is 0 Å². The van der Waals surface area contributed by atoms with E-state index in [0.29, 0.717) is 34.7 Å². The lowest BCUT2D eigenvalue weighted by molar-refractivity contribution is -0.139. The molecule has 4 rings (SSSR count). The molecule has 0 spiro atoms. The number of amides is 2. The number of hydrogen-bond donors (Lipinski definition) is 1. The van der Waals surface area contributed by atoms with Crippen molar-refractivity contribution < 1.29 is 23.5 Å². The van der Waals surface area contributed by atoms with Gasteiger partial charge >= 0.3 is 0 Å². The highest BCUT2D eigenvalue weighted by Crippen LogP contribution is 2.31. The summed E-state index contributed by atoms with van der Waals surface area (Å²) in [5.41, 5.74) is 2.13. The molecule has 1 aliphatic heterocycles. The zero-order chi connectivity index (χ0) is 23.4. The predicted molar refractivity (Wildman–Crippen MR) is 123 cm³/mol. The highest BCUT2D eigenvalue weighted by atomic mass is 19.1. The molecule has 0 aromatic heterocycles. The molecule has 3 aromatic rings. The Bertz CT molecular complexity index is 1180. The molecule has 2 amide bonds. The fourth-order valence-corrected chi connectivity index (χ4v) is 3.84. The van der Waals surface area contributed by atoms with Gasteiger partial charge in [0.25, 0.3) is 11.8 Å². The molecule has 3 aromatic carbocycles. The minimum atomic E-state index is -0.660. The van der Waals surface area contributed by atoms with Crippen molar-refractivity contribution in [3.05, 3.63) is 89.2 Å². The molecule has 0 fully saturated rings. The van der Waals surface area contributed by atoms with Gasteiger partial charge in [0.05, 0.1) is 12.7 Å². The van der Waals surface area contributed by atoms with Crippen LogP contribution in [0.15, 0.2) is 66.7 Å². The van der Waals surface area contributed by atoms with Gasteiger partial charge in [-0.3, -0.25) is 9.59 Å². The van der Waals surface area contributed by atoms with Gasteiger partial charge in [0.15, 0.2) is 6.10 Å².